The van der Waals surface area contributed by atoms with Crippen molar-refractivity contribution in [1.82, 2.24) is 4.31 Å². The number of nitrogens with zero attached hydrogens (tertiary/aromatic N) is 1. The topological polar surface area (TPSA) is 57.4 Å². The molecule has 2 fully saturated rings. The highest BCUT2D eigenvalue weighted by Gasteiger charge is 2.63. The quantitative estimate of drug-likeness (QED) is 0.737. The first-order valence-corrected chi connectivity index (χ1v) is 6.38. The molecule has 86 valence electrons. The van der Waals surface area contributed by atoms with Gasteiger partial charge >= 0.3 is 5.97 Å². The molecule has 4 nitrogen and oxygen atoms in total. The van der Waals surface area contributed by atoms with Crippen molar-refractivity contribution < 1.29 is 14.1 Å². The molecule has 1 aliphatic heterocycles. The molecule has 1 saturated heterocycles. The summed E-state index contributed by atoms with van der Waals surface area (Å²) in [5.41, 5.74) is 0. The Hall–Kier alpha value is -0.420. The van der Waals surface area contributed by atoms with Gasteiger partial charge in [-0.15, -0.1) is 0 Å². The Balaban J connectivity index is 2.10. The standard InChI is InChI=1S/C10H17NO3S/c1-10(2,3)15(14)11-7(6-4-5-6)8(11)9(12)13/h6-8H,4-5H2,1-3H3,(H,12,13). The zero-order valence-corrected chi connectivity index (χ0v) is 10.1. The van der Waals surface area contributed by atoms with E-state index >= 15 is 0 Å². The van der Waals surface area contributed by atoms with E-state index in [-0.39, 0.29) is 10.8 Å². The van der Waals surface area contributed by atoms with E-state index in [1.165, 1.54) is 0 Å². The summed E-state index contributed by atoms with van der Waals surface area (Å²) < 4.78 is 13.4. The summed E-state index contributed by atoms with van der Waals surface area (Å²) >= 11 is 0. The monoisotopic (exact) mass is 231 g/mol. The van der Waals surface area contributed by atoms with Gasteiger partial charge in [0.1, 0.15) is 17.0 Å². The summed E-state index contributed by atoms with van der Waals surface area (Å²) in [6, 6.07) is -0.472. The summed E-state index contributed by atoms with van der Waals surface area (Å²) in [6.07, 6.45) is 2.18. The van der Waals surface area contributed by atoms with Crippen LogP contribution in [0, 0.1) is 5.92 Å². The largest absolute Gasteiger partial charge is 0.480 e. The lowest BCUT2D eigenvalue weighted by molar-refractivity contribution is -0.137. The van der Waals surface area contributed by atoms with Crippen LogP contribution in [0.25, 0.3) is 0 Å². The number of carboxylic acids is 1. The van der Waals surface area contributed by atoms with Crippen LogP contribution in [0.3, 0.4) is 0 Å². The average Bonchev–Trinajstić information content (AvgIpc) is 2.94. The van der Waals surface area contributed by atoms with Crippen molar-refractivity contribution in [2.24, 2.45) is 5.92 Å². The van der Waals surface area contributed by atoms with Gasteiger partial charge in [-0.2, -0.15) is 0 Å². The van der Waals surface area contributed by atoms with E-state index in [0.717, 1.165) is 12.8 Å². The van der Waals surface area contributed by atoms with Gasteiger partial charge in [0, 0.05) is 0 Å². The molecule has 2 aliphatic rings. The predicted octanol–water partition coefficient (Wildman–Crippen LogP) is 0.996. The molecule has 1 saturated carbocycles. The number of carboxylic acid groups (broad SMARTS) is 1. The third-order valence-corrected chi connectivity index (χ3v) is 4.78. The first kappa shape index (κ1) is 11.1. The van der Waals surface area contributed by atoms with Gasteiger partial charge < -0.3 is 5.11 Å². The highest BCUT2D eigenvalue weighted by molar-refractivity contribution is 7.84. The maximum absolute atomic E-state index is 12.1. The van der Waals surface area contributed by atoms with Gasteiger partial charge in [-0.25, -0.2) is 8.51 Å². The van der Waals surface area contributed by atoms with Crippen LogP contribution in [0.1, 0.15) is 33.6 Å². The van der Waals surface area contributed by atoms with Crippen molar-refractivity contribution >= 4 is 17.0 Å². The number of carbonyl (C=O) groups is 1. The molecule has 0 aromatic carbocycles. The number of aliphatic carboxylic acids is 1. The first-order valence-electron chi connectivity index (χ1n) is 5.27. The van der Waals surface area contributed by atoms with Crippen LogP contribution in [0.2, 0.25) is 0 Å². The maximum atomic E-state index is 12.1. The number of rotatable bonds is 3. The molecule has 0 radical (unpaired) electrons. The molecular weight excluding hydrogens is 214 g/mol. The molecule has 5 heteroatoms. The summed E-state index contributed by atoms with van der Waals surface area (Å²) in [4.78, 5) is 11.0. The van der Waals surface area contributed by atoms with E-state index in [1.807, 2.05) is 20.8 Å². The lowest BCUT2D eigenvalue weighted by Gasteiger charge is -2.18. The van der Waals surface area contributed by atoms with Crippen LogP contribution in [0.4, 0.5) is 0 Å². The lowest BCUT2D eigenvalue weighted by Crippen LogP contribution is -2.29. The third-order valence-electron chi connectivity index (χ3n) is 2.88. The fourth-order valence-corrected chi connectivity index (χ4v) is 3.42. The average molecular weight is 231 g/mol. The van der Waals surface area contributed by atoms with Gasteiger partial charge in [-0.3, -0.25) is 4.79 Å². The Morgan fingerprint density at radius 2 is 1.93 bits per heavy atom. The fourth-order valence-electron chi connectivity index (χ4n) is 1.92. The second-order valence-electron chi connectivity index (χ2n) is 5.33. The van der Waals surface area contributed by atoms with Crippen LogP contribution >= 0.6 is 0 Å². The molecule has 4 unspecified atom stereocenters. The van der Waals surface area contributed by atoms with Crippen molar-refractivity contribution in [2.45, 2.75) is 50.4 Å². The molecular formula is C10H17NO3S. The van der Waals surface area contributed by atoms with Crippen LogP contribution < -0.4 is 0 Å². The van der Waals surface area contributed by atoms with Gasteiger partial charge in [0.2, 0.25) is 0 Å². The molecule has 0 aromatic rings. The molecule has 0 amide bonds. The smallest absolute Gasteiger partial charge is 0.323 e. The highest BCUT2D eigenvalue weighted by atomic mass is 32.2. The first-order chi connectivity index (χ1) is 6.84. The van der Waals surface area contributed by atoms with E-state index in [0.29, 0.717) is 5.92 Å². The summed E-state index contributed by atoms with van der Waals surface area (Å²) in [5.74, 6) is -0.359. The van der Waals surface area contributed by atoms with E-state index < -0.39 is 23.0 Å². The van der Waals surface area contributed by atoms with E-state index in [9.17, 15) is 9.00 Å². The molecule has 15 heavy (non-hydrogen) atoms. The second-order valence-corrected chi connectivity index (χ2v) is 7.48. The zero-order valence-electron chi connectivity index (χ0n) is 9.27. The van der Waals surface area contributed by atoms with Crippen molar-refractivity contribution in [1.29, 1.82) is 0 Å². The summed E-state index contributed by atoms with van der Waals surface area (Å²) in [6.45, 7) is 5.64. The zero-order chi connectivity index (χ0) is 11.4. The van der Waals surface area contributed by atoms with Gasteiger partial charge in [0.15, 0.2) is 0 Å². The van der Waals surface area contributed by atoms with Crippen molar-refractivity contribution in [3.63, 3.8) is 0 Å². The minimum Gasteiger partial charge on any atom is -0.480 e. The maximum Gasteiger partial charge on any atom is 0.323 e. The Bertz CT molecular complexity index is 319. The van der Waals surface area contributed by atoms with Gasteiger partial charge in [-0.1, -0.05) is 0 Å². The summed E-state index contributed by atoms with van der Waals surface area (Å²) in [7, 11) is -1.19. The Labute approximate surface area is 92.2 Å². The van der Waals surface area contributed by atoms with Crippen LogP contribution in [0.15, 0.2) is 0 Å². The van der Waals surface area contributed by atoms with Gasteiger partial charge in [-0.05, 0) is 39.5 Å². The molecule has 0 spiro atoms. The molecule has 1 N–H and O–H groups in total. The van der Waals surface area contributed by atoms with Crippen LogP contribution in [-0.2, 0) is 15.8 Å². The molecule has 1 aliphatic carbocycles. The van der Waals surface area contributed by atoms with Crippen LogP contribution in [0.5, 0.6) is 0 Å². The number of hydrogen-bond donors (Lipinski definition) is 1. The summed E-state index contributed by atoms with van der Waals surface area (Å²) in [5, 5.41) is 9.01. The number of hydrogen-bond acceptors (Lipinski definition) is 2. The molecule has 0 bridgehead atoms. The van der Waals surface area contributed by atoms with E-state index in [2.05, 4.69) is 0 Å². The lowest BCUT2D eigenvalue weighted by atomic mass is 10.2. The molecule has 2 rings (SSSR count). The molecule has 1 heterocycles. The van der Waals surface area contributed by atoms with Crippen LogP contribution in [-0.4, -0.2) is 36.4 Å². The third kappa shape index (κ3) is 1.95. The van der Waals surface area contributed by atoms with Crippen molar-refractivity contribution in [3.8, 4) is 0 Å². The fraction of sp³-hybridized carbons (Fsp3) is 0.900. The van der Waals surface area contributed by atoms with E-state index in [4.69, 9.17) is 5.11 Å². The second kappa shape index (κ2) is 3.28. The minimum absolute atomic E-state index is 0.0301. The highest BCUT2D eigenvalue weighted by Crippen LogP contribution is 2.49. The van der Waals surface area contributed by atoms with Gasteiger partial charge in [0.05, 0.1) is 10.8 Å². The van der Waals surface area contributed by atoms with Crippen molar-refractivity contribution in [3.05, 3.63) is 0 Å². The molecule has 4 atom stereocenters. The van der Waals surface area contributed by atoms with Gasteiger partial charge in [0.25, 0.3) is 0 Å². The van der Waals surface area contributed by atoms with E-state index in [1.54, 1.807) is 4.31 Å². The Morgan fingerprint density at radius 1 is 1.40 bits per heavy atom. The molecule has 0 aromatic heterocycles. The van der Waals surface area contributed by atoms with Crippen molar-refractivity contribution in [2.75, 3.05) is 0 Å². The normalized spacial score (nSPS) is 37.4. The SMILES string of the molecule is CC(C)(C)S(=O)N1C(C(=O)O)C1C1CC1. The Kier molecular flexibility index (Phi) is 2.43. The minimum atomic E-state index is -1.19. The predicted molar refractivity (Wildman–Crippen MR) is 57.7 cm³/mol. The Morgan fingerprint density at radius 3 is 2.27 bits per heavy atom.